The number of carboxylic acid groups (broad SMARTS) is 1. The van der Waals surface area contributed by atoms with Gasteiger partial charge in [-0.1, -0.05) is 23.8 Å². The van der Waals surface area contributed by atoms with E-state index in [4.69, 9.17) is 16.7 Å². The third-order valence-electron chi connectivity index (χ3n) is 2.90. The Kier molecular flexibility index (Phi) is 4.87. The summed E-state index contributed by atoms with van der Waals surface area (Å²) in [5, 5.41) is 14.7. The van der Waals surface area contributed by atoms with Crippen LogP contribution in [0.1, 0.15) is 6.42 Å². The van der Waals surface area contributed by atoms with Crippen LogP contribution in [0.2, 0.25) is 5.02 Å². The number of anilines is 1. The first kappa shape index (κ1) is 15.1. The van der Waals surface area contributed by atoms with E-state index in [0.29, 0.717) is 17.1 Å². The number of carbonyl (C=O) groups excluding carboxylic acids is 1. The Bertz CT molecular complexity index is 577. The Morgan fingerprint density at radius 2 is 2.10 bits per heavy atom. The van der Waals surface area contributed by atoms with Crippen molar-refractivity contribution in [1.29, 1.82) is 0 Å². The molecule has 0 aromatic heterocycles. The standard InChI is InChI=1S/C13H12ClIN2O3/c14-10-6-8(15)2-4-11(10)17-13(20)16-9-3-1-7(5-9)12(18)19/h1-4,6-7,9H,5H2,(H,18,19)(H2,16,17,20). The van der Waals surface area contributed by atoms with Gasteiger partial charge in [0.15, 0.2) is 0 Å². The fourth-order valence-electron chi connectivity index (χ4n) is 1.91. The lowest BCUT2D eigenvalue weighted by molar-refractivity contribution is -0.140. The molecule has 1 aliphatic carbocycles. The van der Waals surface area contributed by atoms with E-state index in [1.54, 1.807) is 24.3 Å². The van der Waals surface area contributed by atoms with Crippen LogP contribution in [-0.4, -0.2) is 23.1 Å². The number of hydrogen-bond acceptors (Lipinski definition) is 2. The van der Waals surface area contributed by atoms with Crippen LogP contribution >= 0.6 is 34.2 Å². The summed E-state index contributed by atoms with van der Waals surface area (Å²) >= 11 is 8.14. The fourth-order valence-corrected chi connectivity index (χ4v) is 2.81. The van der Waals surface area contributed by atoms with E-state index in [1.807, 2.05) is 6.07 Å². The van der Waals surface area contributed by atoms with Gasteiger partial charge in [0.05, 0.1) is 22.7 Å². The number of nitrogens with one attached hydrogen (secondary N) is 2. The largest absolute Gasteiger partial charge is 0.481 e. The van der Waals surface area contributed by atoms with E-state index in [1.165, 1.54) is 0 Å². The van der Waals surface area contributed by atoms with Gasteiger partial charge in [0.1, 0.15) is 0 Å². The lowest BCUT2D eigenvalue weighted by atomic mass is 10.1. The van der Waals surface area contributed by atoms with Gasteiger partial charge in [-0.05, 0) is 47.2 Å². The third-order valence-corrected chi connectivity index (χ3v) is 3.88. The molecule has 2 amide bonds. The minimum Gasteiger partial charge on any atom is -0.481 e. The number of aliphatic carboxylic acids is 1. The first-order chi connectivity index (χ1) is 9.45. The maximum atomic E-state index is 11.8. The Morgan fingerprint density at radius 1 is 1.35 bits per heavy atom. The van der Waals surface area contributed by atoms with Crippen molar-refractivity contribution in [1.82, 2.24) is 5.32 Å². The molecule has 0 saturated carbocycles. The quantitative estimate of drug-likeness (QED) is 0.533. The van der Waals surface area contributed by atoms with Crippen LogP contribution in [0.25, 0.3) is 0 Å². The molecule has 0 radical (unpaired) electrons. The number of amides is 2. The van der Waals surface area contributed by atoms with E-state index >= 15 is 0 Å². The molecule has 3 N–H and O–H groups in total. The molecule has 2 atom stereocenters. The van der Waals surface area contributed by atoms with Gasteiger partial charge in [-0.3, -0.25) is 4.79 Å². The summed E-state index contributed by atoms with van der Waals surface area (Å²) in [6.45, 7) is 0. The second-order valence-electron chi connectivity index (χ2n) is 4.39. The first-order valence-electron chi connectivity index (χ1n) is 5.89. The number of benzene rings is 1. The lowest BCUT2D eigenvalue weighted by Gasteiger charge is -2.14. The highest BCUT2D eigenvalue weighted by atomic mass is 127. The molecule has 0 heterocycles. The Morgan fingerprint density at radius 3 is 2.70 bits per heavy atom. The van der Waals surface area contributed by atoms with Crippen molar-refractivity contribution in [2.45, 2.75) is 12.5 Å². The van der Waals surface area contributed by atoms with Gasteiger partial charge in [-0.25, -0.2) is 4.79 Å². The average Bonchev–Trinajstić information content (AvgIpc) is 2.81. The molecule has 5 nitrogen and oxygen atoms in total. The molecular formula is C13H12ClIN2O3. The van der Waals surface area contributed by atoms with Gasteiger partial charge < -0.3 is 15.7 Å². The van der Waals surface area contributed by atoms with Crippen molar-refractivity contribution in [2.75, 3.05) is 5.32 Å². The number of hydrogen-bond donors (Lipinski definition) is 3. The maximum absolute atomic E-state index is 11.8. The average molecular weight is 407 g/mol. The second kappa shape index (κ2) is 6.45. The van der Waals surface area contributed by atoms with Gasteiger partial charge >= 0.3 is 12.0 Å². The molecule has 106 valence electrons. The number of carbonyl (C=O) groups is 2. The van der Waals surface area contributed by atoms with Crippen LogP contribution in [0.4, 0.5) is 10.5 Å². The number of halogens is 2. The van der Waals surface area contributed by atoms with Crippen molar-refractivity contribution in [3.8, 4) is 0 Å². The Labute approximate surface area is 134 Å². The van der Waals surface area contributed by atoms with Crippen LogP contribution in [0.15, 0.2) is 30.4 Å². The lowest BCUT2D eigenvalue weighted by Crippen LogP contribution is -2.36. The predicted molar refractivity (Wildman–Crippen MR) is 85.0 cm³/mol. The zero-order valence-electron chi connectivity index (χ0n) is 10.3. The van der Waals surface area contributed by atoms with Crippen LogP contribution in [0, 0.1) is 9.49 Å². The van der Waals surface area contributed by atoms with E-state index < -0.39 is 17.9 Å². The highest BCUT2D eigenvalue weighted by Crippen LogP contribution is 2.24. The van der Waals surface area contributed by atoms with Gasteiger partial charge in [0.2, 0.25) is 0 Å². The van der Waals surface area contributed by atoms with Gasteiger partial charge in [-0.2, -0.15) is 0 Å². The maximum Gasteiger partial charge on any atom is 0.319 e. The smallest absolute Gasteiger partial charge is 0.319 e. The normalized spacial score (nSPS) is 20.7. The molecule has 0 saturated heterocycles. The van der Waals surface area contributed by atoms with Crippen LogP contribution < -0.4 is 10.6 Å². The number of carboxylic acids is 1. The SMILES string of the molecule is O=C(Nc1ccc(I)cc1Cl)NC1C=CC(C(=O)O)C1. The zero-order valence-corrected chi connectivity index (χ0v) is 13.2. The molecule has 1 aromatic rings. The summed E-state index contributed by atoms with van der Waals surface area (Å²) in [6.07, 6.45) is 3.64. The van der Waals surface area contributed by atoms with Crippen LogP contribution in [0.3, 0.4) is 0 Å². The molecule has 7 heteroatoms. The molecule has 1 aliphatic rings. The predicted octanol–water partition coefficient (Wildman–Crippen LogP) is 3.10. The highest BCUT2D eigenvalue weighted by molar-refractivity contribution is 14.1. The van der Waals surface area contributed by atoms with Crippen molar-refractivity contribution in [2.24, 2.45) is 5.92 Å². The minimum absolute atomic E-state index is 0.279. The molecule has 0 spiro atoms. The van der Waals surface area contributed by atoms with Gasteiger partial charge in [0, 0.05) is 3.57 Å². The molecule has 0 bridgehead atoms. The van der Waals surface area contributed by atoms with Crippen molar-refractivity contribution in [3.05, 3.63) is 38.9 Å². The van der Waals surface area contributed by atoms with E-state index in [-0.39, 0.29) is 6.04 Å². The van der Waals surface area contributed by atoms with E-state index in [9.17, 15) is 9.59 Å². The van der Waals surface area contributed by atoms with Crippen molar-refractivity contribution >= 4 is 51.9 Å². The fraction of sp³-hybridized carbons (Fsp3) is 0.231. The summed E-state index contributed by atoms with van der Waals surface area (Å²) < 4.78 is 0.974. The van der Waals surface area contributed by atoms with Gasteiger partial charge in [0.25, 0.3) is 0 Å². The number of urea groups is 1. The Balaban J connectivity index is 1.90. The highest BCUT2D eigenvalue weighted by Gasteiger charge is 2.25. The molecular weight excluding hydrogens is 395 g/mol. The zero-order chi connectivity index (χ0) is 14.7. The summed E-state index contributed by atoms with van der Waals surface area (Å²) in [7, 11) is 0. The first-order valence-corrected chi connectivity index (χ1v) is 7.35. The summed E-state index contributed by atoms with van der Waals surface area (Å²) in [6, 6.07) is 4.60. The molecule has 0 fully saturated rings. The van der Waals surface area contributed by atoms with E-state index in [0.717, 1.165) is 3.57 Å². The van der Waals surface area contributed by atoms with Crippen LogP contribution in [0.5, 0.6) is 0 Å². The molecule has 20 heavy (non-hydrogen) atoms. The molecule has 2 unspecified atom stereocenters. The van der Waals surface area contributed by atoms with Crippen molar-refractivity contribution in [3.63, 3.8) is 0 Å². The molecule has 0 aliphatic heterocycles. The summed E-state index contributed by atoms with van der Waals surface area (Å²) in [5.41, 5.74) is 0.515. The van der Waals surface area contributed by atoms with Crippen molar-refractivity contribution < 1.29 is 14.7 Å². The summed E-state index contributed by atoms with van der Waals surface area (Å²) in [4.78, 5) is 22.6. The topological polar surface area (TPSA) is 78.4 Å². The second-order valence-corrected chi connectivity index (χ2v) is 6.05. The minimum atomic E-state index is -0.883. The number of rotatable bonds is 3. The summed E-state index contributed by atoms with van der Waals surface area (Å²) in [5.74, 6) is -1.42. The third kappa shape index (κ3) is 3.86. The Hall–Kier alpha value is -1.28. The molecule has 2 rings (SSSR count). The monoisotopic (exact) mass is 406 g/mol. The van der Waals surface area contributed by atoms with Gasteiger partial charge in [-0.15, -0.1) is 0 Å². The van der Waals surface area contributed by atoms with Crippen LogP contribution in [-0.2, 0) is 4.79 Å². The van der Waals surface area contributed by atoms with E-state index in [2.05, 4.69) is 33.2 Å². The molecule has 1 aromatic carbocycles.